The molecule has 0 aliphatic carbocycles. The lowest BCUT2D eigenvalue weighted by atomic mass is 10.1. The Morgan fingerprint density at radius 1 is 1.26 bits per heavy atom. The molecule has 0 radical (unpaired) electrons. The van der Waals surface area contributed by atoms with Gasteiger partial charge in [0, 0.05) is 32.4 Å². The molecule has 19 heavy (non-hydrogen) atoms. The zero-order chi connectivity index (χ0) is 14.1. The summed E-state index contributed by atoms with van der Waals surface area (Å²) in [6, 6.07) is 8.98. The minimum Gasteiger partial charge on any atom is -0.380 e. The van der Waals surface area contributed by atoms with Gasteiger partial charge in [-0.2, -0.15) is 0 Å². The quantitative estimate of drug-likeness (QED) is 0.547. The maximum Gasteiger partial charge on any atom is 0.0591 e. The van der Waals surface area contributed by atoms with Crippen LogP contribution in [0.5, 0.6) is 0 Å². The lowest BCUT2D eigenvalue weighted by molar-refractivity contribution is 0.138. The van der Waals surface area contributed by atoms with Crippen molar-refractivity contribution in [3.05, 3.63) is 42.5 Å². The van der Waals surface area contributed by atoms with Crippen molar-refractivity contribution in [1.29, 1.82) is 0 Å². The molecule has 0 fully saturated rings. The second-order valence-corrected chi connectivity index (χ2v) is 4.85. The zero-order valence-corrected chi connectivity index (χ0v) is 12.4. The highest BCUT2D eigenvalue weighted by atomic mass is 16.5. The van der Waals surface area contributed by atoms with Crippen molar-refractivity contribution in [3.63, 3.8) is 0 Å². The topological polar surface area (TPSA) is 24.5 Å². The maximum absolute atomic E-state index is 5.47. The van der Waals surface area contributed by atoms with E-state index < -0.39 is 0 Å². The average molecular weight is 262 g/mol. The second-order valence-electron chi connectivity index (χ2n) is 4.85. The van der Waals surface area contributed by atoms with Crippen LogP contribution in [0.2, 0.25) is 0 Å². The molecule has 0 heterocycles. The van der Waals surface area contributed by atoms with Crippen LogP contribution in [0.1, 0.15) is 24.9 Å². The van der Waals surface area contributed by atoms with Crippen molar-refractivity contribution in [3.8, 4) is 0 Å². The Balaban J connectivity index is 2.28. The number of benzene rings is 1. The van der Waals surface area contributed by atoms with E-state index in [0.29, 0.717) is 6.04 Å². The Labute approximate surface area is 117 Å². The van der Waals surface area contributed by atoms with Crippen molar-refractivity contribution in [1.82, 2.24) is 5.32 Å². The van der Waals surface area contributed by atoms with Gasteiger partial charge in [-0.3, -0.25) is 0 Å². The van der Waals surface area contributed by atoms with E-state index >= 15 is 0 Å². The molecule has 1 N–H and O–H groups in total. The summed E-state index contributed by atoms with van der Waals surface area (Å²) in [5.74, 6) is 0. The molecule has 0 amide bonds. The van der Waals surface area contributed by atoms with Crippen molar-refractivity contribution < 1.29 is 4.74 Å². The van der Waals surface area contributed by atoms with Crippen LogP contribution in [0.25, 0.3) is 0 Å². The minimum absolute atomic E-state index is 0.346. The number of nitrogens with zero attached hydrogens (tertiary/aromatic N) is 1. The number of hydrogen-bond acceptors (Lipinski definition) is 3. The summed E-state index contributed by atoms with van der Waals surface area (Å²) in [4.78, 5) is 2.11. The first-order valence-electron chi connectivity index (χ1n) is 6.84. The highest BCUT2D eigenvalue weighted by Gasteiger charge is 2.04. The van der Waals surface area contributed by atoms with Gasteiger partial charge in [-0.15, -0.1) is 6.58 Å². The maximum atomic E-state index is 5.47. The second kappa shape index (κ2) is 8.73. The fourth-order valence-electron chi connectivity index (χ4n) is 1.80. The molecule has 106 valence electrons. The van der Waals surface area contributed by atoms with Gasteiger partial charge in [-0.05, 0) is 31.0 Å². The lowest BCUT2D eigenvalue weighted by Crippen LogP contribution is -2.23. The fraction of sp³-hybridized carbons (Fsp3) is 0.500. The Morgan fingerprint density at radius 3 is 2.53 bits per heavy atom. The van der Waals surface area contributed by atoms with Crippen molar-refractivity contribution in [2.45, 2.75) is 19.4 Å². The first-order chi connectivity index (χ1) is 9.15. The van der Waals surface area contributed by atoms with Gasteiger partial charge >= 0.3 is 0 Å². The van der Waals surface area contributed by atoms with Crippen molar-refractivity contribution >= 4 is 5.69 Å². The van der Waals surface area contributed by atoms with Gasteiger partial charge in [0.15, 0.2) is 0 Å². The molecule has 1 aromatic carbocycles. The Morgan fingerprint density at radius 2 is 1.95 bits per heavy atom. The Kier molecular flexibility index (Phi) is 7.23. The standard InChI is InChI=1S/C16H26N2O/c1-5-6-12-19-13-11-17-14(2)15-7-9-16(10-8-15)18(3)4/h5,7-10,14,17H,1,6,11-13H2,2-4H3. The monoisotopic (exact) mass is 262 g/mol. The summed E-state index contributed by atoms with van der Waals surface area (Å²) in [6.45, 7) is 8.22. The molecule has 1 aromatic rings. The van der Waals surface area contributed by atoms with E-state index in [1.165, 1.54) is 11.3 Å². The predicted molar refractivity (Wildman–Crippen MR) is 82.8 cm³/mol. The normalized spacial score (nSPS) is 12.2. The first-order valence-corrected chi connectivity index (χ1v) is 6.84. The molecular formula is C16H26N2O. The van der Waals surface area contributed by atoms with Crippen LogP contribution >= 0.6 is 0 Å². The SMILES string of the molecule is C=CCCOCCNC(C)c1ccc(N(C)C)cc1. The molecule has 0 spiro atoms. The van der Waals surface area contributed by atoms with Crippen LogP contribution in [0.4, 0.5) is 5.69 Å². The summed E-state index contributed by atoms with van der Waals surface area (Å²) >= 11 is 0. The lowest BCUT2D eigenvalue weighted by Gasteiger charge is -2.17. The van der Waals surface area contributed by atoms with E-state index in [1.54, 1.807) is 0 Å². The molecular weight excluding hydrogens is 236 g/mol. The van der Waals surface area contributed by atoms with E-state index in [4.69, 9.17) is 4.74 Å². The minimum atomic E-state index is 0.346. The molecule has 1 unspecified atom stereocenters. The van der Waals surface area contributed by atoms with Crippen LogP contribution in [0.3, 0.4) is 0 Å². The van der Waals surface area contributed by atoms with E-state index in [0.717, 1.165) is 26.2 Å². The third-order valence-electron chi connectivity index (χ3n) is 3.07. The van der Waals surface area contributed by atoms with Gasteiger partial charge in [0.2, 0.25) is 0 Å². The Bertz CT molecular complexity index is 360. The fourth-order valence-corrected chi connectivity index (χ4v) is 1.80. The molecule has 1 rings (SSSR count). The molecule has 0 saturated carbocycles. The molecule has 0 bridgehead atoms. The van der Waals surface area contributed by atoms with E-state index in [2.05, 4.69) is 62.1 Å². The number of ether oxygens (including phenoxy) is 1. The highest BCUT2D eigenvalue weighted by molar-refractivity contribution is 5.46. The van der Waals surface area contributed by atoms with E-state index in [-0.39, 0.29) is 0 Å². The number of nitrogens with one attached hydrogen (secondary N) is 1. The summed E-state index contributed by atoms with van der Waals surface area (Å²) < 4.78 is 5.47. The van der Waals surface area contributed by atoms with Gasteiger partial charge in [-0.25, -0.2) is 0 Å². The summed E-state index contributed by atoms with van der Waals surface area (Å²) in [7, 11) is 4.11. The van der Waals surface area contributed by atoms with Gasteiger partial charge in [0.05, 0.1) is 13.2 Å². The summed E-state index contributed by atoms with van der Waals surface area (Å²) in [6.07, 6.45) is 2.80. The van der Waals surface area contributed by atoms with Crippen LogP contribution in [0.15, 0.2) is 36.9 Å². The smallest absolute Gasteiger partial charge is 0.0591 e. The molecule has 3 heteroatoms. The number of rotatable bonds is 9. The van der Waals surface area contributed by atoms with E-state index in [1.807, 2.05) is 6.08 Å². The van der Waals surface area contributed by atoms with Crippen LogP contribution < -0.4 is 10.2 Å². The molecule has 0 aromatic heterocycles. The molecule has 0 aliphatic rings. The summed E-state index contributed by atoms with van der Waals surface area (Å²) in [5.41, 5.74) is 2.53. The predicted octanol–water partition coefficient (Wildman–Crippen LogP) is 3.00. The summed E-state index contributed by atoms with van der Waals surface area (Å²) in [5, 5.41) is 3.46. The number of hydrogen-bond donors (Lipinski definition) is 1. The largest absolute Gasteiger partial charge is 0.380 e. The number of anilines is 1. The van der Waals surface area contributed by atoms with Crippen LogP contribution in [0, 0.1) is 0 Å². The Hall–Kier alpha value is -1.32. The van der Waals surface area contributed by atoms with E-state index in [9.17, 15) is 0 Å². The molecule has 3 nitrogen and oxygen atoms in total. The third kappa shape index (κ3) is 5.90. The van der Waals surface area contributed by atoms with Crippen LogP contribution in [-0.2, 0) is 4.74 Å². The average Bonchev–Trinajstić information content (AvgIpc) is 2.42. The van der Waals surface area contributed by atoms with Gasteiger partial charge < -0.3 is 15.0 Å². The van der Waals surface area contributed by atoms with Crippen molar-refractivity contribution in [2.24, 2.45) is 0 Å². The van der Waals surface area contributed by atoms with Gasteiger partial charge in [0.1, 0.15) is 0 Å². The van der Waals surface area contributed by atoms with Gasteiger partial charge in [-0.1, -0.05) is 18.2 Å². The van der Waals surface area contributed by atoms with Gasteiger partial charge in [0.25, 0.3) is 0 Å². The molecule has 0 saturated heterocycles. The zero-order valence-electron chi connectivity index (χ0n) is 12.4. The van der Waals surface area contributed by atoms with Crippen LogP contribution in [-0.4, -0.2) is 33.9 Å². The molecule has 1 atom stereocenters. The third-order valence-corrected chi connectivity index (χ3v) is 3.07. The highest BCUT2D eigenvalue weighted by Crippen LogP contribution is 2.17. The first kappa shape index (κ1) is 15.7. The van der Waals surface area contributed by atoms with Crippen molar-refractivity contribution in [2.75, 3.05) is 38.8 Å². The molecule has 0 aliphatic heterocycles.